The summed E-state index contributed by atoms with van der Waals surface area (Å²) in [5, 5.41) is 9.44. The Morgan fingerprint density at radius 2 is 1.53 bits per heavy atom. The SMILES string of the molecule is CN[C@@H](C)C(=O)NC1CCO[C@H]2CC(CCc3ccccc3)(CCc3ccccc3)[C@@H](C(=O)NC(C3=CC=CCC3C)c3ccccc3)N2C1=O. The number of carbonyl (C=O) groups is 3. The van der Waals surface area contributed by atoms with Crippen LogP contribution in [0.25, 0.3) is 0 Å². The van der Waals surface area contributed by atoms with Gasteiger partial charge in [0, 0.05) is 18.3 Å². The van der Waals surface area contributed by atoms with Gasteiger partial charge in [0.1, 0.15) is 18.3 Å². The molecule has 3 amide bonds. The van der Waals surface area contributed by atoms with Gasteiger partial charge in [0.05, 0.1) is 18.7 Å². The number of aryl methyl sites for hydroxylation is 2. The van der Waals surface area contributed by atoms with Gasteiger partial charge in [-0.15, -0.1) is 0 Å². The molecule has 8 heteroatoms. The van der Waals surface area contributed by atoms with Crippen molar-refractivity contribution in [3.8, 4) is 0 Å². The summed E-state index contributed by atoms with van der Waals surface area (Å²) < 4.78 is 6.50. The maximum atomic E-state index is 15.3. The monoisotopic (exact) mass is 688 g/mol. The molecule has 0 bridgehead atoms. The van der Waals surface area contributed by atoms with Gasteiger partial charge >= 0.3 is 0 Å². The first-order chi connectivity index (χ1) is 24.8. The van der Waals surface area contributed by atoms with Crippen molar-refractivity contribution < 1.29 is 19.1 Å². The fraction of sp³-hybridized carbons (Fsp3) is 0.419. The zero-order valence-corrected chi connectivity index (χ0v) is 30.1. The topological polar surface area (TPSA) is 99.8 Å². The molecule has 6 rings (SSSR count). The first-order valence-electron chi connectivity index (χ1n) is 18.5. The fourth-order valence-corrected chi connectivity index (χ4v) is 8.07. The summed E-state index contributed by atoms with van der Waals surface area (Å²) in [5.74, 6) is -0.485. The third-order valence-electron chi connectivity index (χ3n) is 11.2. The van der Waals surface area contributed by atoms with Crippen LogP contribution in [0, 0.1) is 11.3 Å². The smallest absolute Gasteiger partial charge is 0.247 e. The molecule has 3 aromatic rings. The van der Waals surface area contributed by atoms with Crippen molar-refractivity contribution in [3.05, 3.63) is 131 Å². The van der Waals surface area contributed by atoms with Crippen molar-refractivity contribution in [1.82, 2.24) is 20.9 Å². The van der Waals surface area contributed by atoms with Gasteiger partial charge in [-0.3, -0.25) is 14.4 Å². The van der Waals surface area contributed by atoms with Crippen LogP contribution >= 0.6 is 0 Å². The number of benzene rings is 3. The minimum absolute atomic E-state index is 0.192. The summed E-state index contributed by atoms with van der Waals surface area (Å²) in [6, 6.07) is 28.3. The third kappa shape index (κ3) is 8.35. The van der Waals surface area contributed by atoms with E-state index in [4.69, 9.17) is 4.74 Å². The molecule has 2 heterocycles. The van der Waals surface area contributed by atoms with Crippen LogP contribution in [0.1, 0.15) is 68.7 Å². The predicted molar refractivity (Wildman–Crippen MR) is 200 cm³/mol. The lowest BCUT2D eigenvalue weighted by Gasteiger charge is -2.39. The van der Waals surface area contributed by atoms with Crippen LogP contribution in [0.3, 0.4) is 0 Å². The molecule has 3 N–H and O–H groups in total. The Morgan fingerprint density at radius 1 is 0.922 bits per heavy atom. The first kappa shape index (κ1) is 36.3. The van der Waals surface area contributed by atoms with Gasteiger partial charge in [-0.25, -0.2) is 0 Å². The van der Waals surface area contributed by atoms with Gasteiger partial charge in [0.15, 0.2) is 0 Å². The van der Waals surface area contributed by atoms with Gasteiger partial charge in [-0.1, -0.05) is 116 Å². The lowest BCUT2D eigenvalue weighted by atomic mass is 9.70. The van der Waals surface area contributed by atoms with E-state index in [1.807, 2.05) is 54.6 Å². The molecule has 1 aliphatic carbocycles. The highest BCUT2D eigenvalue weighted by Crippen LogP contribution is 2.50. The zero-order chi connectivity index (χ0) is 35.8. The van der Waals surface area contributed by atoms with Crippen molar-refractivity contribution in [2.24, 2.45) is 11.3 Å². The number of nitrogens with zero attached hydrogens (tertiary/aromatic N) is 1. The minimum Gasteiger partial charge on any atom is -0.358 e. The maximum absolute atomic E-state index is 15.3. The highest BCUT2D eigenvalue weighted by atomic mass is 16.5. The number of hydrogen-bond acceptors (Lipinski definition) is 5. The molecular formula is C43H52N4O4. The van der Waals surface area contributed by atoms with Crippen molar-refractivity contribution in [2.45, 2.75) is 89.2 Å². The molecule has 51 heavy (non-hydrogen) atoms. The molecule has 2 aliphatic heterocycles. The predicted octanol–water partition coefficient (Wildman–Crippen LogP) is 6.06. The van der Waals surface area contributed by atoms with Crippen LogP contribution < -0.4 is 16.0 Å². The summed E-state index contributed by atoms with van der Waals surface area (Å²) in [6.07, 6.45) is 10.4. The number of allylic oxidation sites excluding steroid dienone is 3. The molecule has 3 aromatic carbocycles. The Morgan fingerprint density at radius 3 is 2.12 bits per heavy atom. The first-order valence-corrected chi connectivity index (χ1v) is 18.5. The summed E-state index contributed by atoms with van der Waals surface area (Å²) in [6.45, 7) is 4.26. The van der Waals surface area contributed by atoms with Crippen LogP contribution in [0.4, 0.5) is 0 Å². The van der Waals surface area contributed by atoms with Gasteiger partial charge in [-0.05, 0) is 74.3 Å². The van der Waals surface area contributed by atoms with Crippen molar-refractivity contribution in [1.29, 1.82) is 0 Å². The highest BCUT2D eigenvalue weighted by Gasteiger charge is 2.58. The van der Waals surface area contributed by atoms with E-state index in [2.05, 4.69) is 77.5 Å². The molecule has 268 valence electrons. The highest BCUT2D eigenvalue weighted by molar-refractivity contribution is 5.94. The number of fused-ring (bicyclic) bond motifs is 1. The van der Waals surface area contributed by atoms with E-state index in [0.29, 0.717) is 32.3 Å². The van der Waals surface area contributed by atoms with E-state index in [1.165, 1.54) is 11.1 Å². The number of likely N-dealkylation sites (N-methyl/N-ethyl adjacent to an activating group) is 1. The van der Waals surface area contributed by atoms with Crippen LogP contribution in [-0.4, -0.2) is 60.6 Å². The molecule has 8 nitrogen and oxygen atoms in total. The van der Waals surface area contributed by atoms with Gasteiger partial charge in [0.2, 0.25) is 17.7 Å². The Bertz CT molecular complexity index is 1650. The third-order valence-corrected chi connectivity index (χ3v) is 11.2. The number of ether oxygens (including phenoxy) is 1. The number of nitrogens with one attached hydrogen (secondary N) is 3. The second-order valence-electron chi connectivity index (χ2n) is 14.5. The Hall–Kier alpha value is -4.53. The number of amides is 3. The lowest BCUT2D eigenvalue weighted by molar-refractivity contribution is -0.150. The van der Waals surface area contributed by atoms with Crippen LogP contribution in [0.2, 0.25) is 0 Å². The zero-order valence-electron chi connectivity index (χ0n) is 30.1. The van der Waals surface area contributed by atoms with E-state index in [0.717, 1.165) is 30.4 Å². The molecule has 2 saturated heterocycles. The maximum Gasteiger partial charge on any atom is 0.247 e. The molecule has 3 unspecified atom stereocenters. The number of carbonyl (C=O) groups excluding carboxylic acids is 3. The average molecular weight is 689 g/mol. The molecule has 0 aromatic heterocycles. The summed E-state index contributed by atoms with van der Waals surface area (Å²) in [5.41, 5.74) is 3.90. The van der Waals surface area contributed by atoms with E-state index in [9.17, 15) is 9.59 Å². The number of rotatable bonds is 13. The van der Waals surface area contributed by atoms with Gasteiger partial charge in [-0.2, -0.15) is 0 Å². The molecule has 6 atom stereocenters. The van der Waals surface area contributed by atoms with Crippen LogP contribution in [0.15, 0.2) is 115 Å². The molecule has 3 aliphatic rings. The van der Waals surface area contributed by atoms with Crippen LogP contribution in [0.5, 0.6) is 0 Å². The second-order valence-corrected chi connectivity index (χ2v) is 14.5. The molecule has 0 spiro atoms. The Labute approximate surface area is 302 Å². The molecule has 0 radical (unpaired) electrons. The van der Waals surface area contributed by atoms with Crippen molar-refractivity contribution >= 4 is 17.7 Å². The largest absolute Gasteiger partial charge is 0.358 e. The molecular weight excluding hydrogens is 636 g/mol. The van der Waals surface area contributed by atoms with Gasteiger partial charge < -0.3 is 25.6 Å². The second kappa shape index (κ2) is 16.7. The number of hydrogen-bond donors (Lipinski definition) is 3. The summed E-state index contributed by atoms with van der Waals surface area (Å²) >= 11 is 0. The Kier molecular flexibility index (Phi) is 11.8. The molecule has 2 fully saturated rings. The standard InChI is InChI=1S/C43H52N4O4/c1-30-15-13-14-22-35(30)38(34-20-11-6-12-21-34)46-41(49)39-43(26-23-32-16-7-4-8-17-32,27-24-33-18-9-5-10-19-33)29-37-47(39)42(50)36(25-28-51-37)45-40(48)31(2)44-3/h4-14,16-22,30-31,36-39,44H,15,23-29H2,1-3H3,(H,45,48)(H,46,49)/t30?,31-,36?,37-,38?,39+/m0/s1. The fourth-order valence-electron chi connectivity index (χ4n) is 8.07. The molecule has 0 saturated carbocycles. The van der Waals surface area contributed by atoms with Crippen molar-refractivity contribution in [2.75, 3.05) is 13.7 Å². The normalized spacial score (nSPS) is 23.8. The van der Waals surface area contributed by atoms with Crippen LogP contribution in [-0.2, 0) is 32.0 Å². The van der Waals surface area contributed by atoms with Gasteiger partial charge in [0.25, 0.3) is 0 Å². The van der Waals surface area contributed by atoms with E-state index < -0.39 is 29.8 Å². The lowest BCUT2D eigenvalue weighted by Crippen LogP contribution is -2.59. The Balaban J connectivity index is 1.42. The average Bonchev–Trinajstić information content (AvgIpc) is 3.42. The summed E-state index contributed by atoms with van der Waals surface area (Å²) in [7, 11) is 1.72. The van der Waals surface area contributed by atoms with E-state index >= 15 is 4.79 Å². The van der Waals surface area contributed by atoms with E-state index in [1.54, 1.807) is 18.9 Å². The quantitative estimate of drug-likeness (QED) is 0.203. The minimum atomic E-state index is -0.817. The summed E-state index contributed by atoms with van der Waals surface area (Å²) in [4.78, 5) is 44.8. The van der Waals surface area contributed by atoms with Crippen molar-refractivity contribution in [3.63, 3.8) is 0 Å². The van der Waals surface area contributed by atoms with E-state index in [-0.39, 0.29) is 29.7 Å².